The molecule has 0 saturated carbocycles. The van der Waals surface area contributed by atoms with Crippen molar-refractivity contribution in [2.75, 3.05) is 0 Å². The van der Waals surface area contributed by atoms with Crippen molar-refractivity contribution in [1.29, 1.82) is 0 Å². The van der Waals surface area contributed by atoms with Crippen LogP contribution in [0.1, 0.15) is 13.8 Å². The lowest BCUT2D eigenvalue weighted by molar-refractivity contribution is -0.151. The fourth-order valence-electron chi connectivity index (χ4n) is 0.862. The molecule has 0 bridgehead atoms. The molecule has 1 rings (SSSR count). The number of carbonyl (C=O) groups is 1. The third-order valence-electron chi connectivity index (χ3n) is 1.41. The highest BCUT2D eigenvalue weighted by atomic mass is 16.6. The maximum atomic E-state index is 10.8. The standard InChI is InChI=1S/C7H10O3/c1-4(2)5-3-6(8)10-7(5)9/h3-4,6,8H,1-2H3. The van der Waals surface area contributed by atoms with E-state index in [1.54, 1.807) is 0 Å². The molecule has 0 radical (unpaired) electrons. The van der Waals surface area contributed by atoms with E-state index in [4.69, 9.17) is 5.11 Å². The van der Waals surface area contributed by atoms with Crippen molar-refractivity contribution in [3.63, 3.8) is 0 Å². The zero-order valence-corrected chi connectivity index (χ0v) is 6.00. The molecular weight excluding hydrogens is 132 g/mol. The Morgan fingerprint density at radius 1 is 1.70 bits per heavy atom. The second-order valence-corrected chi connectivity index (χ2v) is 2.57. The van der Waals surface area contributed by atoms with Crippen molar-refractivity contribution in [1.82, 2.24) is 0 Å². The van der Waals surface area contributed by atoms with E-state index in [2.05, 4.69) is 4.74 Å². The highest BCUT2D eigenvalue weighted by Crippen LogP contribution is 2.18. The van der Waals surface area contributed by atoms with Gasteiger partial charge in [0.05, 0.1) is 0 Å². The number of hydrogen-bond acceptors (Lipinski definition) is 3. The summed E-state index contributed by atoms with van der Waals surface area (Å²) in [5.74, 6) is -0.271. The van der Waals surface area contributed by atoms with E-state index in [-0.39, 0.29) is 5.92 Å². The van der Waals surface area contributed by atoms with Crippen molar-refractivity contribution in [3.8, 4) is 0 Å². The molecule has 56 valence electrons. The summed E-state index contributed by atoms with van der Waals surface area (Å²) in [6.45, 7) is 3.76. The van der Waals surface area contributed by atoms with Crippen LogP contribution in [0.5, 0.6) is 0 Å². The van der Waals surface area contributed by atoms with Gasteiger partial charge in [-0.15, -0.1) is 0 Å². The molecule has 0 aliphatic carbocycles. The van der Waals surface area contributed by atoms with Gasteiger partial charge in [0.15, 0.2) is 0 Å². The van der Waals surface area contributed by atoms with Gasteiger partial charge in [0.2, 0.25) is 6.29 Å². The largest absolute Gasteiger partial charge is 0.429 e. The number of ether oxygens (including phenoxy) is 1. The number of esters is 1. The van der Waals surface area contributed by atoms with Gasteiger partial charge in [-0.25, -0.2) is 4.79 Å². The van der Waals surface area contributed by atoms with Gasteiger partial charge < -0.3 is 9.84 Å². The Morgan fingerprint density at radius 3 is 2.50 bits per heavy atom. The van der Waals surface area contributed by atoms with E-state index in [0.717, 1.165) is 0 Å². The van der Waals surface area contributed by atoms with Crippen molar-refractivity contribution < 1.29 is 14.6 Å². The number of carbonyl (C=O) groups excluding carboxylic acids is 1. The summed E-state index contributed by atoms with van der Waals surface area (Å²) in [6, 6.07) is 0. The molecule has 3 heteroatoms. The predicted molar refractivity (Wildman–Crippen MR) is 35.0 cm³/mol. The molecule has 0 saturated heterocycles. The van der Waals surface area contributed by atoms with Crippen LogP contribution < -0.4 is 0 Å². The zero-order valence-electron chi connectivity index (χ0n) is 6.00. The Bertz CT molecular complexity index is 181. The molecule has 1 unspecified atom stereocenters. The van der Waals surface area contributed by atoms with Crippen LogP contribution in [-0.2, 0) is 9.53 Å². The second kappa shape index (κ2) is 2.42. The summed E-state index contributed by atoms with van der Waals surface area (Å²) in [6.07, 6.45) is 0.414. The highest BCUT2D eigenvalue weighted by molar-refractivity contribution is 5.91. The van der Waals surface area contributed by atoms with E-state index >= 15 is 0 Å². The maximum absolute atomic E-state index is 10.8. The third kappa shape index (κ3) is 1.19. The minimum absolute atomic E-state index is 0.129. The smallest absolute Gasteiger partial charge is 0.336 e. The molecule has 0 fully saturated rings. The van der Waals surface area contributed by atoms with Gasteiger partial charge in [-0.2, -0.15) is 0 Å². The molecule has 1 N–H and O–H groups in total. The molecule has 0 aromatic carbocycles. The molecule has 0 aromatic rings. The lowest BCUT2D eigenvalue weighted by atomic mass is 10.0. The van der Waals surface area contributed by atoms with E-state index in [1.165, 1.54) is 6.08 Å². The Hall–Kier alpha value is -0.830. The first-order valence-electron chi connectivity index (χ1n) is 3.22. The molecule has 1 aliphatic heterocycles. The number of hydrogen-bond donors (Lipinski definition) is 1. The minimum atomic E-state index is -1.02. The van der Waals surface area contributed by atoms with Crippen LogP contribution in [0.15, 0.2) is 11.6 Å². The van der Waals surface area contributed by atoms with Crippen molar-refractivity contribution in [2.24, 2.45) is 5.92 Å². The van der Waals surface area contributed by atoms with Crippen LogP contribution >= 0.6 is 0 Å². The second-order valence-electron chi connectivity index (χ2n) is 2.57. The monoisotopic (exact) mass is 142 g/mol. The number of aliphatic hydroxyl groups excluding tert-OH is 1. The molecule has 0 spiro atoms. The summed E-state index contributed by atoms with van der Waals surface area (Å²) in [5, 5.41) is 8.80. The highest BCUT2D eigenvalue weighted by Gasteiger charge is 2.25. The van der Waals surface area contributed by atoms with Gasteiger partial charge in [-0.1, -0.05) is 13.8 Å². The van der Waals surface area contributed by atoms with Crippen molar-refractivity contribution in [3.05, 3.63) is 11.6 Å². The average molecular weight is 142 g/mol. The first kappa shape index (κ1) is 7.28. The Kier molecular flexibility index (Phi) is 1.76. The third-order valence-corrected chi connectivity index (χ3v) is 1.41. The quantitative estimate of drug-likeness (QED) is 0.540. The zero-order chi connectivity index (χ0) is 7.72. The van der Waals surface area contributed by atoms with E-state index in [1.807, 2.05) is 13.8 Å². The number of rotatable bonds is 1. The predicted octanol–water partition coefficient (Wildman–Crippen LogP) is 0.444. The normalized spacial score (nSPS) is 25.0. The van der Waals surface area contributed by atoms with Crippen LogP contribution in [0, 0.1) is 5.92 Å². The Balaban J connectivity index is 2.75. The fourth-order valence-corrected chi connectivity index (χ4v) is 0.862. The Morgan fingerprint density at radius 2 is 2.30 bits per heavy atom. The molecule has 0 aromatic heterocycles. The van der Waals surface area contributed by atoms with Gasteiger partial charge >= 0.3 is 5.97 Å². The molecule has 1 atom stereocenters. The molecule has 3 nitrogen and oxygen atoms in total. The summed E-state index contributed by atoms with van der Waals surface area (Å²) >= 11 is 0. The minimum Gasteiger partial charge on any atom is -0.429 e. The van der Waals surface area contributed by atoms with Crippen LogP contribution in [0.4, 0.5) is 0 Å². The van der Waals surface area contributed by atoms with E-state index in [0.29, 0.717) is 5.57 Å². The van der Waals surface area contributed by atoms with Gasteiger partial charge in [-0.05, 0) is 12.0 Å². The van der Waals surface area contributed by atoms with Crippen molar-refractivity contribution >= 4 is 5.97 Å². The van der Waals surface area contributed by atoms with Crippen molar-refractivity contribution in [2.45, 2.75) is 20.1 Å². The molecular formula is C7H10O3. The van der Waals surface area contributed by atoms with E-state index < -0.39 is 12.3 Å². The Labute approximate surface area is 59.3 Å². The lowest BCUT2D eigenvalue weighted by Crippen LogP contribution is -2.08. The summed E-state index contributed by atoms with van der Waals surface area (Å²) in [5.41, 5.74) is 0.563. The van der Waals surface area contributed by atoms with Crippen LogP contribution in [0.25, 0.3) is 0 Å². The molecule has 1 heterocycles. The first-order chi connectivity index (χ1) is 4.61. The SMILES string of the molecule is CC(C)C1=CC(O)OC1=O. The summed E-state index contributed by atoms with van der Waals surface area (Å²) in [7, 11) is 0. The fraction of sp³-hybridized carbons (Fsp3) is 0.571. The average Bonchev–Trinajstić information content (AvgIpc) is 2.10. The van der Waals surface area contributed by atoms with Gasteiger partial charge in [-0.3, -0.25) is 0 Å². The molecule has 1 aliphatic rings. The van der Waals surface area contributed by atoms with Gasteiger partial charge in [0.25, 0.3) is 0 Å². The number of cyclic esters (lactones) is 1. The topological polar surface area (TPSA) is 46.5 Å². The van der Waals surface area contributed by atoms with Crippen LogP contribution in [0.3, 0.4) is 0 Å². The maximum Gasteiger partial charge on any atom is 0.336 e. The number of aliphatic hydroxyl groups is 1. The van der Waals surface area contributed by atoms with E-state index in [9.17, 15) is 4.79 Å². The summed E-state index contributed by atoms with van der Waals surface area (Å²) in [4.78, 5) is 10.8. The molecule has 0 amide bonds. The van der Waals surface area contributed by atoms with Crippen LogP contribution in [-0.4, -0.2) is 17.4 Å². The van der Waals surface area contributed by atoms with Crippen LogP contribution in [0.2, 0.25) is 0 Å². The van der Waals surface area contributed by atoms with Gasteiger partial charge in [0, 0.05) is 5.57 Å². The first-order valence-corrected chi connectivity index (χ1v) is 3.22. The summed E-state index contributed by atoms with van der Waals surface area (Å²) < 4.78 is 4.46. The van der Waals surface area contributed by atoms with Gasteiger partial charge in [0.1, 0.15) is 0 Å². The molecule has 10 heavy (non-hydrogen) atoms. The lowest BCUT2D eigenvalue weighted by Gasteiger charge is -2.00.